The monoisotopic (exact) mass is 556 g/mol. The SMILES string of the molecule is NCCCN(CCCN)Cc1ccc(-n2cc3cc(-c4ccc(C(=O)NC5CCNCC5)cc4)[nH]c3nc2=O)cc1. The van der Waals surface area contributed by atoms with Crippen LogP contribution in [-0.4, -0.2) is 70.7 Å². The van der Waals surface area contributed by atoms with Crippen LogP contribution in [0.2, 0.25) is 0 Å². The first-order chi connectivity index (χ1) is 20.0. The van der Waals surface area contributed by atoms with Gasteiger partial charge in [-0.25, -0.2) is 4.79 Å². The van der Waals surface area contributed by atoms with Crippen LogP contribution in [0, 0.1) is 0 Å². The van der Waals surface area contributed by atoms with Gasteiger partial charge in [0.2, 0.25) is 0 Å². The topological polar surface area (TPSA) is 147 Å². The summed E-state index contributed by atoms with van der Waals surface area (Å²) in [6.45, 7) is 5.87. The van der Waals surface area contributed by atoms with E-state index in [1.165, 1.54) is 5.56 Å². The highest BCUT2D eigenvalue weighted by Crippen LogP contribution is 2.24. The number of nitrogens with one attached hydrogen (secondary N) is 3. The fourth-order valence-corrected chi connectivity index (χ4v) is 5.29. The number of hydrogen-bond donors (Lipinski definition) is 5. The lowest BCUT2D eigenvalue weighted by molar-refractivity contribution is 0.0929. The Kier molecular flexibility index (Phi) is 9.58. The molecule has 1 amide bonds. The number of hydrogen-bond acceptors (Lipinski definition) is 7. The van der Waals surface area contributed by atoms with Crippen molar-refractivity contribution in [3.63, 3.8) is 0 Å². The van der Waals surface area contributed by atoms with E-state index in [0.29, 0.717) is 24.3 Å². The minimum Gasteiger partial charge on any atom is -0.349 e. The summed E-state index contributed by atoms with van der Waals surface area (Å²) in [6.07, 6.45) is 5.59. The smallest absolute Gasteiger partial charge is 0.349 e. The van der Waals surface area contributed by atoms with Crippen molar-refractivity contribution in [3.05, 3.63) is 82.4 Å². The molecule has 10 nitrogen and oxygen atoms in total. The van der Waals surface area contributed by atoms with Gasteiger partial charge in [-0.15, -0.1) is 0 Å². The van der Waals surface area contributed by atoms with Gasteiger partial charge in [-0.2, -0.15) is 4.98 Å². The molecule has 3 heterocycles. The van der Waals surface area contributed by atoms with Gasteiger partial charge in [0.25, 0.3) is 5.91 Å². The van der Waals surface area contributed by atoms with E-state index in [9.17, 15) is 9.59 Å². The largest absolute Gasteiger partial charge is 0.354 e. The molecule has 2 aromatic carbocycles. The number of nitrogens with two attached hydrogens (primary N) is 2. The number of piperidine rings is 1. The van der Waals surface area contributed by atoms with Crippen LogP contribution < -0.4 is 27.8 Å². The minimum absolute atomic E-state index is 0.0522. The molecule has 1 fully saturated rings. The van der Waals surface area contributed by atoms with Gasteiger partial charge in [-0.1, -0.05) is 24.3 Å². The lowest BCUT2D eigenvalue weighted by atomic mass is 10.0. The predicted octanol–water partition coefficient (Wildman–Crippen LogP) is 2.36. The summed E-state index contributed by atoms with van der Waals surface area (Å²) in [5.41, 5.74) is 15.9. The highest BCUT2D eigenvalue weighted by atomic mass is 16.2. The Hall–Kier alpha value is -3.83. The normalized spacial score (nSPS) is 14.1. The second kappa shape index (κ2) is 13.7. The first-order valence-electron chi connectivity index (χ1n) is 14.5. The van der Waals surface area contributed by atoms with Crippen molar-refractivity contribution in [2.24, 2.45) is 11.5 Å². The zero-order valence-electron chi connectivity index (χ0n) is 23.4. The van der Waals surface area contributed by atoms with Crippen LogP contribution >= 0.6 is 0 Å². The van der Waals surface area contributed by atoms with Crippen molar-refractivity contribution in [2.75, 3.05) is 39.3 Å². The van der Waals surface area contributed by atoms with Gasteiger partial charge in [0, 0.05) is 35.4 Å². The number of aromatic nitrogens is 3. The zero-order chi connectivity index (χ0) is 28.6. The molecular weight excluding hydrogens is 516 g/mol. The molecule has 0 saturated carbocycles. The number of H-pyrrole nitrogens is 1. The average Bonchev–Trinajstić information content (AvgIpc) is 3.42. The second-order valence-electron chi connectivity index (χ2n) is 10.7. The Bertz CT molecular complexity index is 1480. The number of rotatable bonds is 12. The van der Waals surface area contributed by atoms with E-state index in [1.807, 2.05) is 48.7 Å². The highest BCUT2D eigenvalue weighted by Gasteiger charge is 2.17. The molecule has 0 bridgehead atoms. The van der Waals surface area contributed by atoms with E-state index < -0.39 is 0 Å². The molecule has 41 heavy (non-hydrogen) atoms. The van der Waals surface area contributed by atoms with Crippen molar-refractivity contribution in [2.45, 2.75) is 38.3 Å². The summed E-state index contributed by atoms with van der Waals surface area (Å²) in [5, 5.41) is 7.26. The maximum absolute atomic E-state index is 12.9. The van der Waals surface area contributed by atoms with Crippen LogP contribution in [0.4, 0.5) is 0 Å². The summed E-state index contributed by atoms with van der Waals surface area (Å²) in [5.74, 6) is -0.0522. The number of carbonyl (C=O) groups excluding carboxylic acids is 1. The molecule has 10 heteroatoms. The van der Waals surface area contributed by atoms with Gasteiger partial charge in [0.05, 0.1) is 5.69 Å². The predicted molar refractivity (Wildman–Crippen MR) is 163 cm³/mol. The molecule has 0 unspecified atom stereocenters. The van der Waals surface area contributed by atoms with Gasteiger partial charge in [-0.05, 0) is 106 Å². The number of benzene rings is 2. The first kappa shape index (κ1) is 28.7. The van der Waals surface area contributed by atoms with E-state index in [1.54, 1.807) is 4.57 Å². The Labute approximate surface area is 240 Å². The quantitative estimate of drug-likeness (QED) is 0.180. The molecule has 0 radical (unpaired) electrons. The molecule has 1 aliphatic heterocycles. The maximum atomic E-state index is 12.9. The number of fused-ring (bicyclic) bond motifs is 1. The zero-order valence-corrected chi connectivity index (χ0v) is 23.4. The summed E-state index contributed by atoms with van der Waals surface area (Å²) >= 11 is 0. The number of aromatic amines is 1. The molecule has 2 aromatic heterocycles. The molecule has 5 rings (SSSR count). The molecule has 1 aliphatic rings. The van der Waals surface area contributed by atoms with Crippen molar-refractivity contribution < 1.29 is 4.79 Å². The van der Waals surface area contributed by atoms with Gasteiger partial charge in [0.1, 0.15) is 5.65 Å². The van der Waals surface area contributed by atoms with Crippen LogP contribution in [0.3, 0.4) is 0 Å². The third-order valence-corrected chi connectivity index (χ3v) is 7.62. The van der Waals surface area contributed by atoms with Crippen LogP contribution in [0.5, 0.6) is 0 Å². The first-order valence-corrected chi connectivity index (χ1v) is 14.5. The average molecular weight is 557 g/mol. The summed E-state index contributed by atoms with van der Waals surface area (Å²) in [6, 6.07) is 17.7. The molecule has 0 spiro atoms. The molecule has 216 valence electrons. The summed E-state index contributed by atoms with van der Waals surface area (Å²) < 4.78 is 1.57. The van der Waals surface area contributed by atoms with E-state index in [4.69, 9.17) is 11.5 Å². The Morgan fingerprint density at radius 2 is 1.68 bits per heavy atom. The molecule has 0 aliphatic carbocycles. The van der Waals surface area contributed by atoms with Crippen LogP contribution in [0.25, 0.3) is 28.0 Å². The molecule has 7 N–H and O–H groups in total. The second-order valence-corrected chi connectivity index (χ2v) is 10.7. The lowest BCUT2D eigenvalue weighted by Gasteiger charge is -2.23. The van der Waals surface area contributed by atoms with Crippen LogP contribution in [-0.2, 0) is 6.54 Å². The number of amides is 1. The Balaban J connectivity index is 1.29. The number of carbonyl (C=O) groups is 1. The fraction of sp³-hybridized carbons (Fsp3) is 0.387. The highest BCUT2D eigenvalue weighted by molar-refractivity contribution is 5.95. The molecule has 0 atom stereocenters. The van der Waals surface area contributed by atoms with Crippen molar-refractivity contribution in [1.82, 2.24) is 30.1 Å². The van der Waals surface area contributed by atoms with E-state index in [0.717, 1.165) is 80.7 Å². The summed E-state index contributed by atoms with van der Waals surface area (Å²) in [7, 11) is 0. The summed E-state index contributed by atoms with van der Waals surface area (Å²) in [4.78, 5) is 35.5. The van der Waals surface area contributed by atoms with Crippen LogP contribution in [0.1, 0.15) is 41.6 Å². The fourth-order valence-electron chi connectivity index (χ4n) is 5.29. The van der Waals surface area contributed by atoms with Crippen molar-refractivity contribution >= 4 is 16.9 Å². The minimum atomic E-state index is -0.351. The molecular formula is C31H40N8O2. The van der Waals surface area contributed by atoms with Gasteiger partial charge in [0.15, 0.2) is 0 Å². The molecule has 4 aromatic rings. The third-order valence-electron chi connectivity index (χ3n) is 7.62. The standard InChI is InChI=1S/C31H40N8O2/c32-13-1-17-38(18-2-14-33)20-22-3-9-27(10-4-22)39-21-25-19-28(36-29(25)37-31(39)41)23-5-7-24(8-6-23)30(40)35-26-11-15-34-16-12-26/h3-10,19,21,26,34H,1-2,11-18,20,32-33H2,(H,35,40)(H,36,37,41). The maximum Gasteiger partial charge on any atom is 0.354 e. The molecule has 1 saturated heterocycles. The van der Waals surface area contributed by atoms with Gasteiger partial charge in [-0.3, -0.25) is 14.3 Å². The number of nitrogens with zero attached hydrogens (tertiary/aromatic N) is 3. The van der Waals surface area contributed by atoms with E-state index in [2.05, 4.69) is 37.6 Å². The Morgan fingerprint density at radius 3 is 2.34 bits per heavy atom. The van der Waals surface area contributed by atoms with E-state index >= 15 is 0 Å². The Morgan fingerprint density at radius 1 is 1.00 bits per heavy atom. The van der Waals surface area contributed by atoms with Gasteiger partial charge < -0.3 is 27.1 Å². The van der Waals surface area contributed by atoms with Crippen LogP contribution in [0.15, 0.2) is 65.6 Å². The third kappa shape index (κ3) is 7.28. The van der Waals surface area contributed by atoms with E-state index in [-0.39, 0.29) is 17.6 Å². The van der Waals surface area contributed by atoms with Crippen molar-refractivity contribution in [3.8, 4) is 16.9 Å². The van der Waals surface area contributed by atoms with Gasteiger partial charge >= 0.3 is 5.69 Å². The van der Waals surface area contributed by atoms with Crippen molar-refractivity contribution in [1.29, 1.82) is 0 Å². The lowest BCUT2D eigenvalue weighted by Crippen LogP contribution is -2.42.